The molecule has 0 aromatic carbocycles. The van der Waals surface area contributed by atoms with E-state index in [1.807, 2.05) is 6.08 Å². The second-order valence-corrected chi connectivity index (χ2v) is 2.43. The highest BCUT2D eigenvalue weighted by Gasteiger charge is 1.87. The molecule has 0 fully saturated rings. The number of carboxylic acid groups (broad SMARTS) is 1. The number of rotatable bonds is 3. The minimum Gasteiger partial charge on any atom is -0.478 e. The zero-order valence-electron chi connectivity index (χ0n) is 5.67. The maximum Gasteiger partial charge on any atom is 0.328 e. The van der Waals surface area contributed by atoms with Gasteiger partial charge in [0.2, 0.25) is 0 Å². The van der Waals surface area contributed by atoms with Crippen LogP contribution in [0.15, 0.2) is 23.8 Å². The van der Waals surface area contributed by atoms with Crippen molar-refractivity contribution in [2.24, 2.45) is 0 Å². The lowest BCUT2D eigenvalue weighted by Crippen LogP contribution is -1.87. The average molecular weight is 205 g/mol. The van der Waals surface area contributed by atoms with Gasteiger partial charge in [0.15, 0.2) is 0 Å². The Labute approximate surface area is 68.4 Å². The van der Waals surface area contributed by atoms with Crippen molar-refractivity contribution in [1.29, 1.82) is 0 Å². The van der Waals surface area contributed by atoms with Crippen LogP contribution in [0.2, 0.25) is 0 Å². The topological polar surface area (TPSA) is 37.3 Å². The predicted molar refractivity (Wildman–Crippen MR) is 44.3 cm³/mol. The largest absolute Gasteiger partial charge is 0.478 e. The lowest BCUT2D eigenvalue weighted by Gasteiger charge is -1.85. The summed E-state index contributed by atoms with van der Waals surface area (Å²) in [6, 6.07) is 0. The highest BCUT2D eigenvalue weighted by Crippen LogP contribution is 1.95. The van der Waals surface area contributed by atoms with Gasteiger partial charge in [-0.25, -0.2) is 4.79 Å². The van der Waals surface area contributed by atoms with Crippen LogP contribution in [0.25, 0.3) is 0 Å². The van der Waals surface area contributed by atoms with E-state index in [0.717, 1.165) is 10.9 Å². The number of carbonyl (C=O) groups is 1. The summed E-state index contributed by atoms with van der Waals surface area (Å²) < 4.78 is 0. The Balaban J connectivity index is 3.94. The van der Waals surface area contributed by atoms with E-state index in [-0.39, 0.29) is 0 Å². The van der Waals surface area contributed by atoms with Gasteiger partial charge in [-0.1, -0.05) is 28.1 Å². The summed E-state index contributed by atoms with van der Waals surface area (Å²) in [5.74, 6) is -0.906. The summed E-state index contributed by atoms with van der Waals surface area (Å²) in [7, 11) is 0. The fourth-order valence-electron chi connectivity index (χ4n) is 0.473. The van der Waals surface area contributed by atoms with Crippen LogP contribution in [0.1, 0.15) is 6.92 Å². The van der Waals surface area contributed by atoms with Crippen molar-refractivity contribution in [3.8, 4) is 0 Å². The second-order valence-electron chi connectivity index (χ2n) is 1.78. The van der Waals surface area contributed by atoms with Crippen molar-refractivity contribution in [3.63, 3.8) is 0 Å². The van der Waals surface area contributed by atoms with Crippen molar-refractivity contribution in [2.75, 3.05) is 5.33 Å². The Morgan fingerprint density at radius 1 is 1.70 bits per heavy atom. The molecule has 0 spiro atoms. The van der Waals surface area contributed by atoms with Gasteiger partial charge in [0.05, 0.1) is 0 Å². The van der Waals surface area contributed by atoms with Crippen molar-refractivity contribution >= 4 is 21.9 Å². The quantitative estimate of drug-likeness (QED) is 0.434. The minimum atomic E-state index is -0.906. The molecular weight excluding hydrogens is 196 g/mol. The van der Waals surface area contributed by atoms with E-state index in [0.29, 0.717) is 0 Å². The van der Waals surface area contributed by atoms with Gasteiger partial charge in [-0.05, 0) is 12.5 Å². The maximum atomic E-state index is 10.1. The SMILES string of the molecule is CC(C=CCBr)=CC(=O)O. The number of alkyl halides is 1. The first-order chi connectivity index (χ1) is 4.66. The van der Waals surface area contributed by atoms with Gasteiger partial charge in [0, 0.05) is 11.4 Å². The zero-order valence-corrected chi connectivity index (χ0v) is 7.26. The monoisotopic (exact) mass is 204 g/mol. The number of hydrogen-bond acceptors (Lipinski definition) is 1. The molecule has 0 atom stereocenters. The van der Waals surface area contributed by atoms with Crippen molar-refractivity contribution in [1.82, 2.24) is 0 Å². The first-order valence-corrected chi connectivity index (χ1v) is 3.92. The van der Waals surface area contributed by atoms with Crippen LogP contribution in [0.4, 0.5) is 0 Å². The molecule has 2 nitrogen and oxygen atoms in total. The lowest BCUT2D eigenvalue weighted by molar-refractivity contribution is -0.131. The summed E-state index contributed by atoms with van der Waals surface area (Å²) in [6.07, 6.45) is 4.76. The van der Waals surface area contributed by atoms with Crippen LogP contribution in [-0.4, -0.2) is 16.4 Å². The summed E-state index contributed by atoms with van der Waals surface area (Å²) in [5.41, 5.74) is 0.743. The van der Waals surface area contributed by atoms with Crippen molar-refractivity contribution in [2.45, 2.75) is 6.92 Å². The van der Waals surface area contributed by atoms with E-state index in [9.17, 15) is 4.79 Å². The molecular formula is C7H9BrO2. The van der Waals surface area contributed by atoms with Gasteiger partial charge in [0.1, 0.15) is 0 Å². The highest BCUT2D eigenvalue weighted by atomic mass is 79.9. The molecule has 56 valence electrons. The van der Waals surface area contributed by atoms with Gasteiger partial charge in [-0.3, -0.25) is 0 Å². The summed E-state index contributed by atoms with van der Waals surface area (Å²) in [5, 5.41) is 9.01. The molecule has 0 radical (unpaired) electrons. The minimum absolute atomic E-state index is 0.743. The first kappa shape index (κ1) is 9.43. The van der Waals surface area contributed by atoms with Gasteiger partial charge in [0.25, 0.3) is 0 Å². The van der Waals surface area contributed by atoms with Crippen LogP contribution in [0.5, 0.6) is 0 Å². The highest BCUT2D eigenvalue weighted by molar-refractivity contribution is 9.09. The molecule has 0 heterocycles. The predicted octanol–water partition coefficient (Wildman–Crippen LogP) is 1.97. The molecule has 0 aromatic rings. The first-order valence-electron chi connectivity index (χ1n) is 2.80. The third kappa shape index (κ3) is 5.56. The number of allylic oxidation sites excluding steroid dienone is 3. The molecule has 0 rings (SSSR count). The summed E-state index contributed by atoms with van der Waals surface area (Å²) in [4.78, 5) is 10.1. The number of halogens is 1. The molecule has 1 N–H and O–H groups in total. The third-order valence-corrected chi connectivity index (χ3v) is 1.19. The Kier molecular flexibility index (Phi) is 4.94. The fourth-order valence-corrected chi connectivity index (χ4v) is 0.660. The molecule has 0 amide bonds. The number of hydrogen-bond donors (Lipinski definition) is 1. The van der Waals surface area contributed by atoms with Crippen molar-refractivity contribution in [3.05, 3.63) is 23.8 Å². The van der Waals surface area contributed by atoms with Gasteiger partial charge in [-0.2, -0.15) is 0 Å². The number of carboxylic acids is 1. The molecule has 10 heavy (non-hydrogen) atoms. The molecule has 0 unspecified atom stereocenters. The number of aliphatic carboxylic acids is 1. The van der Waals surface area contributed by atoms with E-state index in [4.69, 9.17) is 5.11 Å². The fraction of sp³-hybridized carbons (Fsp3) is 0.286. The zero-order chi connectivity index (χ0) is 7.98. The maximum absolute atomic E-state index is 10.1. The van der Waals surface area contributed by atoms with Crippen LogP contribution in [0, 0.1) is 0 Å². The molecule has 0 bridgehead atoms. The van der Waals surface area contributed by atoms with Crippen molar-refractivity contribution < 1.29 is 9.90 Å². The van der Waals surface area contributed by atoms with Gasteiger partial charge in [-0.15, -0.1) is 0 Å². The van der Waals surface area contributed by atoms with E-state index < -0.39 is 5.97 Å². The van der Waals surface area contributed by atoms with Crippen LogP contribution >= 0.6 is 15.9 Å². The normalized spacial score (nSPS) is 12.4. The van der Waals surface area contributed by atoms with E-state index in [1.165, 1.54) is 6.08 Å². The summed E-state index contributed by atoms with van der Waals surface area (Å²) in [6.45, 7) is 1.74. The average Bonchev–Trinajstić information content (AvgIpc) is 1.82. The molecule has 0 saturated carbocycles. The smallest absolute Gasteiger partial charge is 0.328 e. The molecule has 0 aromatic heterocycles. The Morgan fingerprint density at radius 2 is 2.30 bits per heavy atom. The van der Waals surface area contributed by atoms with E-state index >= 15 is 0 Å². The van der Waals surface area contributed by atoms with Crippen LogP contribution in [0.3, 0.4) is 0 Å². The second kappa shape index (κ2) is 5.23. The van der Waals surface area contributed by atoms with Gasteiger partial charge < -0.3 is 5.11 Å². The third-order valence-electron chi connectivity index (χ3n) is 0.821. The molecule has 3 heteroatoms. The Hall–Kier alpha value is -0.570. The molecule has 0 aliphatic heterocycles. The van der Waals surface area contributed by atoms with Gasteiger partial charge >= 0.3 is 5.97 Å². The summed E-state index contributed by atoms with van der Waals surface area (Å²) >= 11 is 3.18. The lowest BCUT2D eigenvalue weighted by atomic mass is 10.2. The van der Waals surface area contributed by atoms with E-state index in [1.54, 1.807) is 13.0 Å². The van der Waals surface area contributed by atoms with E-state index in [2.05, 4.69) is 15.9 Å². The molecule has 0 saturated heterocycles. The Bertz CT molecular complexity index is 170. The van der Waals surface area contributed by atoms with Crippen LogP contribution < -0.4 is 0 Å². The molecule has 0 aliphatic carbocycles. The standard InChI is InChI=1S/C7H9BrO2/c1-6(3-2-4-8)5-7(9)10/h2-3,5H,4H2,1H3,(H,9,10). The Morgan fingerprint density at radius 3 is 2.70 bits per heavy atom. The van der Waals surface area contributed by atoms with Crippen LogP contribution in [-0.2, 0) is 4.79 Å². The molecule has 0 aliphatic rings.